The summed E-state index contributed by atoms with van der Waals surface area (Å²) in [4.78, 5) is 0. The van der Waals surface area contributed by atoms with Crippen molar-refractivity contribution in [1.29, 1.82) is 0 Å². The third-order valence-corrected chi connectivity index (χ3v) is 4.65. The van der Waals surface area contributed by atoms with E-state index in [0.29, 0.717) is 17.3 Å². The number of hydrazone groups is 1. The van der Waals surface area contributed by atoms with E-state index in [1.807, 2.05) is 0 Å². The largest absolute Gasteiger partial charge is 0.375 e. The summed E-state index contributed by atoms with van der Waals surface area (Å²) >= 11 is 4.75. The van der Waals surface area contributed by atoms with Gasteiger partial charge < -0.3 is 5.73 Å². The van der Waals surface area contributed by atoms with Crippen LogP contribution in [0.4, 0.5) is 0 Å². The summed E-state index contributed by atoms with van der Waals surface area (Å²) in [6, 6.07) is 0. The van der Waals surface area contributed by atoms with Gasteiger partial charge in [0.25, 0.3) is 0 Å². The van der Waals surface area contributed by atoms with Crippen LogP contribution in [0.5, 0.6) is 0 Å². The lowest BCUT2D eigenvalue weighted by atomic mass is 9.69. The Morgan fingerprint density at radius 1 is 1.60 bits per heavy atom. The van der Waals surface area contributed by atoms with Gasteiger partial charge in [0.2, 0.25) is 0 Å². The van der Waals surface area contributed by atoms with Crippen molar-refractivity contribution in [2.45, 2.75) is 33.6 Å². The third kappa shape index (κ3) is 1.65. The Bertz CT molecular complexity index is 318. The van der Waals surface area contributed by atoms with E-state index in [4.69, 9.17) is 18.0 Å². The number of hydrogen-bond donors (Lipinski definition) is 2. The lowest BCUT2D eigenvalue weighted by Gasteiger charge is -2.36. The Hall–Kier alpha value is -0.640. The van der Waals surface area contributed by atoms with Crippen LogP contribution in [0, 0.1) is 23.2 Å². The molecule has 3 N–H and O–H groups in total. The van der Waals surface area contributed by atoms with E-state index >= 15 is 0 Å². The van der Waals surface area contributed by atoms with E-state index in [0.717, 1.165) is 12.3 Å². The van der Waals surface area contributed by atoms with Crippen LogP contribution >= 0.6 is 12.2 Å². The van der Waals surface area contributed by atoms with Crippen molar-refractivity contribution in [2.24, 2.45) is 34.0 Å². The average Bonchev–Trinajstić information content (AvgIpc) is 2.64. The molecule has 0 saturated heterocycles. The SMILES string of the molecule is C[C@@H]1[C@@H]2C[C@H](C/C2=N\NC(N)=S)C1(C)C. The summed E-state index contributed by atoms with van der Waals surface area (Å²) in [5.41, 5.74) is 9.82. The molecule has 2 saturated carbocycles. The lowest BCUT2D eigenvalue weighted by Crippen LogP contribution is -2.35. The number of nitrogens with zero attached hydrogens (tertiary/aromatic N) is 1. The Labute approximate surface area is 96.5 Å². The second-order valence-electron chi connectivity index (χ2n) is 5.43. The maximum Gasteiger partial charge on any atom is 0.184 e. The topological polar surface area (TPSA) is 50.4 Å². The molecule has 3 nitrogen and oxygen atoms in total. The molecule has 84 valence electrons. The highest BCUT2D eigenvalue weighted by Crippen LogP contribution is 2.57. The summed E-state index contributed by atoms with van der Waals surface area (Å²) in [5, 5.41) is 4.58. The van der Waals surface area contributed by atoms with Gasteiger partial charge in [-0.15, -0.1) is 0 Å². The maximum atomic E-state index is 5.37. The molecule has 0 amide bonds. The second kappa shape index (κ2) is 3.44. The fourth-order valence-electron chi connectivity index (χ4n) is 3.13. The minimum absolute atomic E-state index is 0.261. The molecule has 0 aromatic heterocycles. The van der Waals surface area contributed by atoms with Crippen LogP contribution in [0.2, 0.25) is 0 Å². The molecule has 0 unspecified atom stereocenters. The van der Waals surface area contributed by atoms with Crippen LogP contribution < -0.4 is 11.2 Å². The molecule has 0 aliphatic heterocycles. The fourth-order valence-corrected chi connectivity index (χ4v) is 3.18. The summed E-state index contributed by atoms with van der Waals surface area (Å²) in [7, 11) is 0. The first-order chi connectivity index (χ1) is 6.93. The predicted molar refractivity (Wildman–Crippen MR) is 66.5 cm³/mol. The molecule has 3 atom stereocenters. The summed E-state index contributed by atoms with van der Waals surface area (Å²) < 4.78 is 0. The average molecular weight is 225 g/mol. The molecule has 0 heterocycles. The minimum Gasteiger partial charge on any atom is -0.375 e. The molecule has 2 bridgehead atoms. The number of hydrogen-bond acceptors (Lipinski definition) is 2. The molecule has 0 radical (unpaired) electrons. The number of rotatable bonds is 1. The molecule has 4 heteroatoms. The van der Waals surface area contributed by atoms with Crippen LogP contribution in [0.25, 0.3) is 0 Å². The van der Waals surface area contributed by atoms with Crippen molar-refractivity contribution in [3.8, 4) is 0 Å². The van der Waals surface area contributed by atoms with E-state index in [2.05, 4.69) is 31.3 Å². The molecule has 2 aliphatic rings. The van der Waals surface area contributed by atoms with Crippen LogP contribution in [0.1, 0.15) is 33.6 Å². The van der Waals surface area contributed by atoms with E-state index in [9.17, 15) is 0 Å². The summed E-state index contributed by atoms with van der Waals surface area (Å²) in [5.74, 6) is 2.12. The van der Waals surface area contributed by atoms with Gasteiger partial charge in [0.15, 0.2) is 5.11 Å². The molecule has 0 aromatic carbocycles. The van der Waals surface area contributed by atoms with Crippen molar-refractivity contribution in [1.82, 2.24) is 5.43 Å². The molecule has 2 rings (SSSR count). The highest BCUT2D eigenvalue weighted by Gasteiger charge is 2.53. The Morgan fingerprint density at radius 2 is 2.27 bits per heavy atom. The van der Waals surface area contributed by atoms with Gasteiger partial charge in [-0.25, -0.2) is 0 Å². The Balaban J connectivity index is 2.12. The van der Waals surface area contributed by atoms with Crippen LogP contribution in [-0.4, -0.2) is 10.8 Å². The van der Waals surface area contributed by atoms with Gasteiger partial charge in [-0.3, -0.25) is 5.43 Å². The zero-order valence-corrected chi connectivity index (χ0v) is 10.4. The van der Waals surface area contributed by atoms with E-state index < -0.39 is 0 Å². The van der Waals surface area contributed by atoms with Gasteiger partial charge in [-0.05, 0) is 42.3 Å². The highest BCUT2D eigenvalue weighted by molar-refractivity contribution is 7.80. The monoisotopic (exact) mass is 225 g/mol. The van der Waals surface area contributed by atoms with E-state index in [1.54, 1.807) is 0 Å². The molecular formula is C11H19N3S. The van der Waals surface area contributed by atoms with Crippen molar-refractivity contribution < 1.29 is 0 Å². The van der Waals surface area contributed by atoms with Gasteiger partial charge in [0.05, 0.1) is 0 Å². The lowest BCUT2D eigenvalue weighted by molar-refractivity contribution is 0.182. The van der Waals surface area contributed by atoms with Gasteiger partial charge in [0, 0.05) is 11.6 Å². The quantitative estimate of drug-likeness (QED) is 0.529. The highest BCUT2D eigenvalue weighted by atomic mass is 32.1. The first-order valence-corrected chi connectivity index (χ1v) is 5.95. The minimum atomic E-state index is 0.261. The summed E-state index contributed by atoms with van der Waals surface area (Å²) in [6.45, 7) is 7.08. The smallest absolute Gasteiger partial charge is 0.184 e. The molecule has 0 aromatic rings. The Kier molecular flexibility index (Phi) is 2.49. The molecule has 0 spiro atoms. The van der Waals surface area contributed by atoms with Crippen molar-refractivity contribution in [3.63, 3.8) is 0 Å². The fraction of sp³-hybridized carbons (Fsp3) is 0.818. The zero-order valence-electron chi connectivity index (χ0n) is 9.58. The molecular weight excluding hydrogens is 206 g/mol. The molecule has 2 fully saturated rings. The van der Waals surface area contributed by atoms with E-state index in [1.165, 1.54) is 12.1 Å². The van der Waals surface area contributed by atoms with Crippen LogP contribution in [0.3, 0.4) is 0 Å². The van der Waals surface area contributed by atoms with Crippen LogP contribution in [-0.2, 0) is 0 Å². The normalized spacial score (nSPS) is 39.7. The zero-order chi connectivity index (χ0) is 11.2. The number of thiocarbonyl (C=S) groups is 1. The van der Waals surface area contributed by atoms with Gasteiger partial charge in [0.1, 0.15) is 0 Å². The standard InChI is InChI=1S/C11H19N3S/c1-6-8-4-7(11(6,2)3)5-9(8)13-14-10(12)15/h6-8H,4-5H2,1-3H3,(H3,12,14,15)/b13-9+/t6-,7-,8+/m1/s1. The number of fused-ring (bicyclic) bond motifs is 2. The maximum absolute atomic E-state index is 5.37. The van der Waals surface area contributed by atoms with Gasteiger partial charge >= 0.3 is 0 Å². The van der Waals surface area contributed by atoms with Crippen molar-refractivity contribution in [2.75, 3.05) is 0 Å². The first-order valence-electron chi connectivity index (χ1n) is 5.55. The second-order valence-corrected chi connectivity index (χ2v) is 5.87. The predicted octanol–water partition coefficient (Wildman–Crippen LogP) is 1.88. The number of nitrogens with one attached hydrogen (secondary N) is 1. The van der Waals surface area contributed by atoms with Gasteiger partial charge in [-0.1, -0.05) is 20.8 Å². The van der Waals surface area contributed by atoms with Crippen molar-refractivity contribution >= 4 is 23.0 Å². The van der Waals surface area contributed by atoms with Gasteiger partial charge in [-0.2, -0.15) is 5.10 Å². The summed E-state index contributed by atoms with van der Waals surface area (Å²) in [6.07, 6.45) is 2.39. The van der Waals surface area contributed by atoms with E-state index in [-0.39, 0.29) is 5.11 Å². The molecule has 15 heavy (non-hydrogen) atoms. The van der Waals surface area contributed by atoms with Crippen LogP contribution in [0.15, 0.2) is 5.10 Å². The first kappa shape index (κ1) is 10.9. The molecule has 2 aliphatic carbocycles. The van der Waals surface area contributed by atoms with Crippen molar-refractivity contribution in [3.05, 3.63) is 0 Å². The number of nitrogens with two attached hydrogens (primary N) is 1. The Morgan fingerprint density at radius 3 is 2.73 bits per heavy atom. The third-order valence-electron chi connectivity index (χ3n) is 4.56.